The van der Waals surface area contributed by atoms with Crippen LogP contribution in [0.4, 0.5) is 15.9 Å². The van der Waals surface area contributed by atoms with Gasteiger partial charge in [0, 0.05) is 23.6 Å². The minimum absolute atomic E-state index is 0.0114. The summed E-state index contributed by atoms with van der Waals surface area (Å²) < 4.78 is 24.7. The molecular weight excluding hydrogens is 425 g/mol. The molecule has 3 aromatic rings. The molecule has 3 rings (SSSR count). The largest absolute Gasteiger partial charge is 0.493 e. The molecule has 0 saturated heterocycles. The van der Waals surface area contributed by atoms with E-state index in [1.165, 1.54) is 18.5 Å². The Morgan fingerprint density at radius 3 is 2.74 bits per heavy atom. The van der Waals surface area contributed by atoms with Crippen molar-refractivity contribution in [1.29, 1.82) is 0 Å². The van der Waals surface area contributed by atoms with E-state index in [4.69, 9.17) is 26.2 Å². The smallest absolute Gasteiger partial charge is 0.163 e. The number of aromatic nitrogens is 2. The summed E-state index contributed by atoms with van der Waals surface area (Å²) in [5.74, 6) is 0.951. The highest BCUT2D eigenvalue weighted by Crippen LogP contribution is 2.35. The van der Waals surface area contributed by atoms with Gasteiger partial charge >= 0.3 is 0 Å². The molecule has 0 radical (unpaired) electrons. The number of halogens is 2. The molecule has 0 aliphatic rings. The van der Waals surface area contributed by atoms with E-state index in [2.05, 4.69) is 15.3 Å². The highest BCUT2D eigenvalue weighted by atomic mass is 35.5. The van der Waals surface area contributed by atoms with Gasteiger partial charge in [-0.25, -0.2) is 14.4 Å². The fourth-order valence-corrected chi connectivity index (χ4v) is 3.19. The fraction of sp³-hybridized carbons (Fsp3) is 0.318. The first-order chi connectivity index (χ1) is 15.0. The molecule has 164 valence electrons. The predicted octanol–water partition coefficient (Wildman–Crippen LogP) is 4.68. The molecule has 2 N–H and O–H groups in total. The molecule has 0 aliphatic carbocycles. The zero-order valence-electron chi connectivity index (χ0n) is 17.0. The SMILES string of the molecule is COc1cc2c(Nc3ccc(F)c(Cl)c3)ncnc2cc1OCCCCCC(=O)CO. The first-order valence-corrected chi connectivity index (χ1v) is 10.2. The molecule has 0 amide bonds. The molecule has 0 fully saturated rings. The van der Waals surface area contributed by atoms with Crippen LogP contribution in [-0.2, 0) is 4.79 Å². The Morgan fingerprint density at radius 1 is 1.16 bits per heavy atom. The summed E-state index contributed by atoms with van der Waals surface area (Å²) >= 11 is 5.86. The van der Waals surface area contributed by atoms with Crippen molar-refractivity contribution < 1.29 is 23.8 Å². The van der Waals surface area contributed by atoms with E-state index in [9.17, 15) is 9.18 Å². The quantitative estimate of drug-likeness (QED) is 0.412. The van der Waals surface area contributed by atoms with Crippen molar-refractivity contribution in [2.75, 3.05) is 25.6 Å². The van der Waals surface area contributed by atoms with Crippen molar-refractivity contribution >= 4 is 39.8 Å². The monoisotopic (exact) mass is 447 g/mol. The van der Waals surface area contributed by atoms with Crippen molar-refractivity contribution in [3.63, 3.8) is 0 Å². The van der Waals surface area contributed by atoms with E-state index >= 15 is 0 Å². The number of methoxy groups -OCH3 is 1. The maximum atomic E-state index is 13.4. The van der Waals surface area contributed by atoms with Crippen LogP contribution in [0.2, 0.25) is 5.02 Å². The standard InChI is InChI=1S/C22H23ClFN3O4/c1-30-20-10-16-19(11-21(20)31-8-4-2-3-5-15(29)12-28)25-13-26-22(16)27-14-6-7-18(24)17(23)9-14/h6-7,9-11,13,28H,2-5,8,12H2,1H3,(H,25,26,27). The number of nitrogens with zero attached hydrogens (tertiary/aromatic N) is 2. The van der Waals surface area contributed by atoms with E-state index in [1.807, 2.05) is 0 Å². The number of unbranched alkanes of at least 4 members (excludes halogenated alkanes) is 2. The molecule has 0 bridgehead atoms. The van der Waals surface area contributed by atoms with Gasteiger partial charge in [0.2, 0.25) is 0 Å². The number of aliphatic hydroxyl groups excluding tert-OH is 1. The molecular formula is C22H23ClFN3O4. The van der Waals surface area contributed by atoms with Crippen LogP contribution in [0.5, 0.6) is 11.5 Å². The van der Waals surface area contributed by atoms with E-state index in [0.29, 0.717) is 53.4 Å². The number of rotatable bonds is 11. The van der Waals surface area contributed by atoms with Gasteiger partial charge in [-0.15, -0.1) is 0 Å². The van der Waals surface area contributed by atoms with Crippen LogP contribution in [0.15, 0.2) is 36.7 Å². The van der Waals surface area contributed by atoms with E-state index in [0.717, 1.165) is 12.8 Å². The number of ether oxygens (including phenoxy) is 2. The van der Waals surface area contributed by atoms with Gasteiger partial charge in [-0.3, -0.25) is 4.79 Å². The molecule has 0 aliphatic heterocycles. The Hall–Kier alpha value is -2.97. The van der Waals surface area contributed by atoms with Gasteiger partial charge in [0.1, 0.15) is 24.6 Å². The number of anilines is 2. The number of benzene rings is 2. The number of hydrogen-bond donors (Lipinski definition) is 2. The van der Waals surface area contributed by atoms with Crippen LogP contribution in [-0.4, -0.2) is 41.2 Å². The topological polar surface area (TPSA) is 93.6 Å². The zero-order valence-corrected chi connectivity index (χ0v) is 17.8. The van der Waals surface area contributed by atoms with Gasteiger partial charge < -0.3 is 19.9 Å². The highest BCUT2D eigenvalue weighted by Gasteiger charge is 2.12. The molecule has 0 saturated carbocycles. The number of aliphatic hydroxyl groups is 1. The summed E-state index contributed by atoms with van der Waals surface area (Å²) in [6.45, 7) is 0.0527. The zero-order chi connectivity index (χ0) is 22.2. The number of carbonyl (C=O) groups excluding carboxylic acids is 1. The van der Waals surface area contributed by atoms with Gasteiger partial charge in [-0.05, 0) is 43.5 Å². The summed E-state index contributed by atoms with van der Waals surface area (Å²) in [5, 5.41) is 12.6. The van der Waals surface area contributed by atoms with E-state index < -0.39 is 12.4 Å². The van der Waals surface area contributed by atoms with Crippen molar-refractivity contribution in [2.45, 2.75) is 25.7 Å². The molecule has 9 heteroatoms. The van der Waals surface area contributed by atoms with Crippen LogP contribution in [0.1, 0.15) is 25.7 Å². The number of ketones is 1. The van der Waals surface area contributed by atoms with E-state index in [1.54, 1.807) is 25.3 Å². The Bertz CT molecular complexity index is 1060. The average molecular weight is 448 g/mol. The van der Waals surface area contributed by atoms with E-state index in [-0.39, 0.29) is 10.8 Å². The summed E-state index contributed by atoms with van der Waals surface area (Å²) in [6.07, 6.45) is 4.10. The first kappa shape index (κ1) is 22.7. The fourth-order valence-electron chi connectivity index (χ4n) is 3.01. The second-order valence-corrected chi connectivity index (χ2v) is 7.26. The Kier molecular flexibility index (Phi) is 7.97. The summed E-state index contributed by atoms with van der Waals surface area (Å²) in [4.78, 5) is 19.7. The van der Waals surface area contributed by atoms with Crippen molar-refractivity contribution in [2.24, 2.45) is 0 Å². The van der Waals surface area contributed by atoms with Gasteiger partial charge in [0.25, 0.3) is 0 Å². The maximum Gasteiger partial charge on any atom is 0.163 e. The van der Waals surface area contributed by atoms with Gasteiger partial charge in [0.15, 0.2) is 17.3 Å². The minimum Gasteiger partial charge on any atom is -0.493 e. The molecule has 31 heavy (non-hydrogen) atoms. The Morgan fingerprint density at radius 2 is 2.00 bits per heavy atom. The highest BCUT2D eigenvalue weighted by molar-refractivity contribution is 6.31. The molecule has 1 heterocycles. The van der Waals surface area contributed by atoms with Gasteiger partial charge in [-0.2, -0.15) is 0 Å². The third-order valence-electron chi connectivity index (χ3n) is 4.64. The summed E-state index contributed by atoms with van der Waals surface area (Å²) in [7, 11) is 1.55. The lowest BCUT2D eigenvalue weighted by Crippen LogP contribution is -2.04. The number of hydrogen-bond acceptors (Lipinski definition) is 7. The molecule has 2 aromatic carbocycles. The molecule has 0 unspecified atom stereocenters. The number of nitrogens with one attached hydrogen (secondary N) is 1. The van der Waals surface area contributed by atoms with Gasteiger partial charge in [0.05, 0.1) is 24.3 Å². The molecule has 0 spiro atoms. The number of fused-ring (bicyclic) bond motifs is 1. The lowest BCUT2D eigenvalue weighted by atomic mass is 10.1. The van der Waals surface area contributed by atoms with Crippen molar-refractivity contribution in [1.82, 2.24) is 9.97 Å². The van der Waals surface area contributed by atoms with Gasteiger partial charge in [-0.1, -0.05) is 11.6 Å². The summed E-state index contributed by atoms with van der Waals surface area (Å²) in [5.41, 5.74) is 1.24. The van der Waals surface area contributed by atoms with Crippen LogP contribution >= 0.6 is 11.6 Å². The lowest BCUT2D eigenvalue weighted by Gasteiger charge is -2.14. The van der Waals surface area contributed by atoms with Crippen LogP contribution in [0.25, 0.3) is 10.9 Å². The molecule has 0 atom stereocenters. The molecule has 1 aromatic heterocycles. The lowest BCUT2D eigenvalue weighted by molar-refractivity contribution is -0.121. The third kappa shape index (κ3) is 6.02. The normalized spacial score (nSPS) is 10.8. The van der Waals surface area contributed by atoms with Crippen LogP contribution in [0.3, 0.4) is 0 Å². The number of Topliss-reactive ketones (excluding diaryl/α,β-unsaturated/α-hetero) is 1. The summed E-state index contributed by atoms with van der Waals surface area (Å²) in [6, 6.07) is 7.87. The Balaban J connectivity index is 1.72. The van der Waals surface area contributed by atoms with Crippen LogP contribution in [0, 0.1) is 5.82 Å². The number of carbonyl (C=O) groups is 1. The average Bonchev–Trinajstić information content (AvgIpc) is 2.78. The van der Waals surface area contributed by atoms with Crippen LogP contribution < -0.4 is 14.8 Å². The first-order valence-electron chi connectivity index (χ1n) is 9.82. The Labute approximate surface area is 184 Å². The maximum absolute atomic E-state index is 13.4. The molecule has 7 nitrogen and oxygen atoms in total. The predicted molar refractivity (Wildman–Crippen MR) is 117 cm³/mol. The third-order valence-corrected chi connectivity index (χ3v) is 4.93. The van der Waals surface area contributed by atoms with Crippen molar-refractivity contribution in [3.05, 3.63) is 47.5 Å². The second-order valence-electron chi connectivity index (χ2n) is 6.85. The second kappa shape index (κ2) is 10.9. The minimum atomic E-state index is -0.497. The van der Waals surface area contributed by atoms with Crippen molar-refractivity contribution in [3.8, 4) is 11.5 Å².